The Morgan fingerprint density at radius 1 is 0.812 bits per heavy atom. The molecule has 1 aliphatic rings. The number of benzene rings is 3. The molecule has 6 heteroatoms. The van der Waals surface area contributed by atoms with Crippen LogP contribution >= 0.6 is 0 Å². The van der Waals surface area contributed by atoms with Crippen LogP contribution in [0.2, 0.25) is 0 Å². The number of nitrogens with one attached hydrogen (secondary N) is 1. The largest absolute Gasteiger partial charge is 0.455 e. The van der Waals surface area contributed by atoms with Gasteiger partial charge in [-0.2, -0.15) is 0 Å². The first-order valence-corrected chi connectivity index (χ1v) is 11.4. The molecule has 0 aromatic heterocycles. The summed E-state index contributed by atoms with van der Waals surface area (Å²) in [6.07, 6.45) is 0. The molecule has 32 heavy (non-hydrogen) atoms. The molecule has 0 unspecified atom stereocenters. The van der Waals surface area contributed by atoms with Crippen LogP contribution in [0, 0.1) is 0 Å². The van der Waals surface area contributed by atoms with Crippen LogP contribution in [0.1, 0.15) is 27.7 Å². The molecule has 168 valence electrons. The minimum Gasteiger partial charge on any atom is -0.455 e. The highest BCUT2D eigenvalue weighted by Crippen LogP contribution is 2.49. The average molecular weight is 433 g/mol. The van der Waals surface area contributed by atoms with E-state index in [2.05, 4.69) is 61.0 Å². The lowest BCUT2D eigenvalue weighted by Gasteiger charge is -2.27. The fraction of sp³-hybridized carbons (Fsp3) is 0.308. The van der Waals surface area contributed by atoms with Gasteiger partial charge in [0.25, 0.3) is 0 Å². The third-order valence-corrected chi connectivity index (χ3v) is 5.91. The first-order chi connectivity index (χ1) is 15.6. The molecule has 0 saturated carbocycles. The summed E-state index contributed by atoms with van der Waals surface area (Å²) in [7, 11) is 0. The van der Waals surface area contributed by atoms with Crippen LogP contribution in [0.3, 0.4) is 0 Å². The number of ether oxygens (including phenoxy) is 2. The predicted molar refractivity (Wildman–Crippen MR) is 134 cm³/mol. The van der Waals surface area contributed by atoms with Gasteiger partial charge in [-0.05, 0) is 64.1 Å². The first-order valence-electron chi connectivity index (χ1n) is 11.4. The number of nitrogens with two attached hydrogens (primary N) is 1. The summed E-state index contributed by atoms with van der Waals surface area (Å²) in [4.78, 5) is 4.57. The number of hydrogen-bond acceptors (Lipinski definition) is 6. The second-order valence-corrected chi connectivity index (χ2v) is 7.70. The number of nitrogen functional groups attached to an aromatic ring is 1. The molecule has 4 rings (SSSR count). The Kier molecular flexibility index (Phi) is 6.30. The number of anilines is 5. The number of fused-ring (bicyclic) bond motifs is 2. The molecular weight excluding hydrogens is 400 g/mol. The molecule has 0 saturated heterocycles. The van der Waals surface area contributed by atoms with Crippen molar-refractivity contribution in [2.75, 3.05) is 47.0 Å². The zero-order chi connectivity index (χ0) is 22.7. The lowest BCUT2D eigenvalue weighted by Crippen LogP contribution is -2.21. The van der Waals surface area contributed by atoms with Crippen LogP contribution in [-0.2, 0) is 0 Å². The quantitative estimate of drug-likeness (QED) is 0.306. The van der Waals surface area contributed by atoms with Crippen molar-refractivity contribution in [2.45, 2.75) is 27.7 Å². The summed E-state index contributed by atoms with van der Waals surface area (Å²) >= 11 is 0. The van der Waals surface area contributed by atoms with Gasteiger partial charge in [0, 0.05) is 49.7 Å². The maximum atomic E-state index is 6.49. The van der Waals surface area contributed by atoms with Crippen LogP contribution in [0.5, 0.6) is 23.0 Å². The van der Waals surface area contributed by atoms with E-state index in [9.17, 15) is 0 Å². The van der Waals surface area contributed by atoms with Crippen molar-refractivity contribution >= 4 is 28.4 Å². The van der Waals surface area contributed by atoms with Gasteiger partial charge in [-0.15, -0.1) is 0 Å². The van der Waals surface area contributed by atoms with Gasteiger partial charge >= 0.3 is 0 Å². The molecule has 1 aliphatic heterocycles. The van der Waals surface area contributed by atoms with E-state index in [4.69, 9.17) is 15.2 Å². The Hall–Kier alpha value is -3.54. The Labute approximate surface area is 190 Å². The minimum atomic E-state index is 0.522. The van der Waals surface area contributed by atoms with E-state index in [1.807, 2.05) is 36.4 Å². The van der Waals surface area contributed by atoms with Crippen LogP contribution in [0.25, 0.3) is 0 Å². The molecule has 1 heterocycles. The molecule has 0 amide bonds. The monoisotopic (exact) mass is 432 g/mol. The number of rotatable bonds is 8. The van der Waals surface area contributed by atoms with Gasteiger partial charge in [-0.3, -0.25) is 0 Å². The summed E-state index contributed by atoms with van der Waals surface area (Å²) in [6, 6.07) is 18.0. The minimum absolute atomic E-state index is 0.522. The topological polar surface area (TPSA) is 63.0 Å². The Balaban J connectivity index is 1.59. The summed E-state index contributed by atoms with van der Waals surface area (Å²) in [6.45, 7) is 12.4. The van der Waals surface area contributed by atoms with Crippen molar-refractivity contribution in [1.29, 1.82) is 0 Å². The predicted octanol–water partition coefficient (Wildman–Crippen LogP) is 6.60. The third-order valence-electron chi connectivity index (χ3n) is 5.91. The summed E-state index contributed by atoms with van der Waals surface area (Å²) < 4.78 is 12.4. The van der Waals surface area contributed by atoms with Gasteiger partial charge in [0.05, 0.1) is 5.69 Å². The van der Waals surface area contributed by atoms with E-state index in [0.29, 0.717) is 17.2 Å². The molecular formula is C26H32N4O2. The van der Waals surface area contributed by atoms with Gasteiger partial charge < -0.3 is 30.3 Å². The lowest BCUT2D eigenvalue weighted by molar-refractivity contribution is 0.470. The second kappa shape index (κ2) is 9.30. The fourth-order valence-corrected chi connectivity index (χ4v) is 4.08. The molecule has 0 atom stereocenters. The average Bonchev–Trinajstić information content (AvgIpc) is 2.82. The molecule has 3 N–H and O–H groups in total. The van der Waals surface area contributed by atoms with Crippen LogP contribution < -0.4 is 30.3 Å². The van der Waals surface area contributed by atoms with Gasteiger partial charge in [-0.25, -0.2) is 0 Å². The molecule has 3 aromatic carbocycles. The van der Waals surface area contributed by atoms with E-state index in [0.717, 1.165) is 60.4 Å². The molecule has 0 radical (unpaired) electrons. The Morgan fingerprint density at radius 2 is 1.50 bits per heavy atom. The maximum Gasteiger partial charge on any atom is 0.153 e. The molecule has 0 aliphatic carbocycles. The molecule has 0 spiro atoms. The SMILES string of the molecule is CCN(CC)c1cccc(Oc2ccc3c(c2N)Nc2ccc(N(CC)CC)cc2O3)c1. The lowest BCUT2D eigenvalue weighted by atomic mass is 10.1. The second-order valence-electron chi connectivity index (χ2n) is 7.70. The molecule has 3 aromatic rings. The normalized spacial score (nSPS) is 11.6. The van der Waals surface area contributed by atoms with E-state index >= 15 is 0 Å². The number of nitrogens with zero attached hydrogens (tertiary/aromatic N) is 2. The highest BCUT2D eigenvalue weighted by atomic mass is 16.5. The van der Waals surface area contributed by atoms with Crippen LogP contribution in [-0.4, -0.2) is 26.2 Å². The number of hydrogen-bond donors (Lipinski definition) is 2. The smallest absolute Gasteiger partial charge is 0.153 e. The zero-order valence-corrected chi connectivity index (χ0v) is 19.3. The highest BCUT2D eigenvalue weighted by Gasteiger charge is 2.22. The van der Waals surface area contributed by atoms with Gasteiger partial charge in [0.1, 0.15) is 17.1 Å². The van der Waals surface area contributed by atoms with Gasteiger partial charge in [-0.1, -0.05) is 6.07 Å². The maximum absolute atomic E-state index is 6.49. The standard InChI is InChI=1S/C26H32N4O2/c1-5-29(6-2)18-10-9-11-20(16-18)31-22-14-15-23-26(25(22)27)28-21-13-12-19(17-24(21)32-23)30(7-3)8-4/h9-17,28H,5-8,27H2,1-4H3. The Morgan fingerprint density at radius 3 is 2.19 bits per heavy atom. The van der Waals surface area contributed by atoms with Crippen molar-refractivity contribution in [3.05, 3.63) is 54.6 Å². The van der Waals surface area contributed by atoms with Crippen molar-refractivity contribution in [3.63, 3.8) is 0 Å². The van der Waals surface area contributed by atoms with Crippen molar-refractivity contribution < 1.29 is 9.47 Å². The first kappa shape index (κ1) is 21.7. The van der Waals surface area contributed by atoms with Crippen molar-refractivity contribution in [3.8, 4) is 23.0 Å². The zero-order valence-electron chi connectivity index (χ0n) is 19.3. The van der Waals surface area contributed by atoms with Gasteiger partial charge in [0.15, 0.2) is 17.2 Å². The van der Waals surface area contributed by atoms with E-state index in [1.165, 1.54) is 0 Å². The Bertz CT molecular complexity index is 1090. The van der Waals surface area contributed by atoms with Crippen LogP contribution in [0.15, 0.2) is 54.6 Å². The van der Waals surface area contributed by atoms with Crippen LogP contribution in [0.4, 0.5) is 28.4 Å². The van der Waals surface area contributed by atoms with Crippen molar-refractivity contribution in [2.24, 2.45) is 0 Å². The summed E-state index contributed by atoms with van der Waals surface area (Å²) in [5.41, 5.74) is 10.9. The summed E-state index contributed by atoms with van der Waals surface area (Å²) in [5.74, 6) is 2.83. The van der Waals surface area contributed by atoms with Crippen molar-refractivity contribution in [1.82, 2.24) is 0 Å². The molecule has 0 bridgehead atoms. The van der Waals surface area contributed by atoms with E-state index in [-0.39, 0.29) is 0 Å². The highest BCUT2D eigenvalue weighted by molar-refractivity contribution is 5.87. The van der Waals surface area contributed by atoms with Gasteiger partial charge in [0.2, 0.25) is 0 Å². The van der Waals surface area contributed by atoms with E-state index in [1.54, 1.807) is 0 Å². The summed E-state index contributed by atoms with van der Waals surface area (Å²) in [5, 5.41) is 3.43. The fourth-order valence-electron chi connectivity index (χ4n) is 4.08. The van der Waals surface area contributed by atoms with E-state index < -0.39 is 0 Å². The molecule has 6 nitrogen and oxygen atoms in total. The molecule has 0 fully saturated rings. The third kappa shape index (κ3) is 4.13.